The van der Waals surface area contributed by atoms with Crippen molar-refractivity contribution in [3.63, 3.8) is 0 Å². The molecular formula is C30H34N4O5S. The van der Waals surface area contributed by atoms with E-state index in [9.17, 15) is 23.3 Å². The SMILES string of the molecule is CCCCC1=NC(c2cccc([N+](=O)[O-])c2)C(=O)N1Cc1ccc(-c2ccccc2S(=O)(=O)NC(C)(C)C)cc1. The highest BCUT2D eigenvalue weighted by atomic mass is 32.2. The van der Waals surface area contributed by atoms with Gasteiger partial charge in [0.1, 0.15) is 5.84 Å². The number of nitro benzene ring substituents is 1. The van der Waals surface area contributed by atoms with E-state index in [-0.39, 0.29) is 16.5 Å². The summed E-state index contributed by atoms with van der Waals surface area (Å²) in [6.45, 7) is 7.74. The third kappa shape index (κ3) is 6.63. The molecule has 0 bridgehead atoms. The van der Waals surface area contributed by atoms with Crippen molar-refractivity contribution in [3.05, 3.63) is 94.0 Å². The van der Waals surface area contributed by atoms with Crippen LogP contribution in [0.5, 0.6) is 0 Å². The molecule has 1 heterocycles. The van der Waals surface area contributed by atoms with Gasteiger partial charge in [0.05, 0.1) is 16.4 Å². The van der Waals surface area contributed by atoms with Crippen molar-refractivity contribution >= 4 is 27.5 Å². The van der Waals surface area contributed by atoms with E-state index in [1.54, 1.807) is 62.1 Å². The third-order valence-electron chi connectivity index (χ3n) is 6.46. The molecule has 1 aliphatic rings. The highest BCUT2D eigenvalue weighted by Crippen LogP contribution is 2.32. The maximum absolute atomic E-state index is 13.5. The molecule has 3 aromatic rings. The minimum atomic E-state index is -3.75. The standard InChI is InChI=1S/C30H34N4O5S/c1-5-6-14-27-31-28(23-10-9-11-24(19-23)34(36)37)29(35)33(27)20-21-15-17-22(18-16-21)25-12-7-8-13-26(25)40(38,39)32-30(2,3)4/h7-13,15-19,28,32H,5-6,14,20H2,1-4H3. The van der Waals surface area contributed by atoms with Crippen molar-refractivity contribution < 1.29 is 18.1 Å². The Hall–Kier alpha value is -3.89. The Morgan fingerprint density at radius 2 is 1.73 bits per heavy atom. The lowest BCUT2D eigenvalue weighted by molar-refractivity contribution is -0.384. The average Bonchev–Trinajstić information content (AvgIpc) is 3.21. The number of carbonyl (C=O) groups excluding carboxylic acids is 1. The molecule has 1 amide bonds. The van der Waals surface area contributed by atoms with Crippen LogP contribution in [0.15, 0.2) is 82.7 Å². The van der Waals surface area contributed by atoms with Crippen LogP contribution in [-0.2, 0) is 21.4 Å². The highest BCUT2D eigenvalue weighted by Gasteiger charge is 2.35. The molecule has 1 unspecified atom stereocenters. The van der Waals surface area contributed by atoms with E-state index >= 15 is 0 Å². The Morgan fingerprint density at radius 3 is 2.38 bits per heavy atom. The highest BCUT2D eigenvalue weighted by molar-refractivity contribution is 7.89. The van der Waals surface area contributed by atoms with Crippen LogP contribution in [0.2, 0.25) is 0 Å². The second kappa shape index (κ2) is 11.7. The molecule has 210 valence electrons. The molecule has 1 aliphatic heterocycles. The average molecular weight is 563 g/mol. The van der Waals surface area contributed by atoms with Gasteiger partial charge in [-0.1, -0.05) is 67.9 Å². The topological polar surface area (TPSA) is 122 Å². The van der Waals surface area contributed by atoms with Gasteiger partial charge in [0, 0.05) is 29.7 Å². The zero-order valence-corrected chi connectivity index (χ0v) is 23.9. The molecule has 3 aromatic carbocycles. The van der Waals surface area contributed by atoms with Crippen LogP contribution in [0.4, 0.5) is 5.69 Å². The van der Waals surface area contributed by atoms with Crippen molar-refractivity contribution in [1.82, 2.24) is 9.62 Å². The van der Waals surface area contributed by atoms with E-state index in [1.807, 2.05) is 24.3 Å². The van der Waals surface area contributed by atoms with Crippen LogP contribution in [0.3, 0.4) is 0 Å². The maximum Gasteiger partial charge on any atom is 0.269 e. The number of amides is 1. The molecule has 0 saturated heterocycles. The van der Waals surface area contributed by atoms with Gasteiger partial charge in [0.15, 0.2) is 6.04 Å². The Labute approximate surface area is 235 Å². The number of sulfonamides is 1. The van der Waals surface area contributed by atoms with Crippen LogP contribution in [0, 0.1) is 10.1 Å². The van der Waals surface area contributed by atoms with Gasteiger partial charge in [0.2, 0.25) is 10.0 Å². The number of hydrogen-bond donors (Lipinski definition) is 1. The van der Waals surface area contributed by atoms with Crippen molar-refractivity contribution in [2.75, 3.05) is 0 Å². The molecule has 0 aliphatic carbocycles. The van der Waals surface area contributed by atoms with E-state index in [1.165, 1.54) is 12.1 Å². The molecular weight excluding hydrogens is 528 g/mol. The monoisotopic (exact) mass is 562 g/mol. The van der Waals surface area contributed by atoms with Gasteiger partial charge in [-0.15, -0.1) is 0 Å². The summed E-state index contributed by atoms with van der Waals surface area (Å²) in [5.41, 5.74) is 1.96. The number of non-ortho nitro benzene ring substituents is 1. The maximum atomic E-state index is 13.5. The van der Waals surface area contributed by atoms with Crippen LogP contribution < -0.4 is 4.72 Å². The zero-order valence-electron chi connectivity index (χ0n) is 23.1. The van der Waals surface area contributed by atoms with E-state index in [2.05, 4.69) is 16.6 Å². The molecule has 0 spiro atoms. The lowest BCUT2D eigenvalue weighted by Crippen LogP contribution is -2.40. The summed E-state index contributed by atoms with van der Waals surface area (Å²) in [6, 6.07) is 19.5. The molecule has 1 N–H and O–H groups in total. The number of nitrogens with zero attached hydrogens (tertiary/aromatic N) is 3. The predicted octanol–water partition coefficient (Wildman–Crippen LogP) is 6.01. The Balaban J connectivity index is 1.60. The molecule has 4 rings (SSSR count). The van der Waals surface area contributed by atoms with Gasteiger partial charge in [-0.05, 0) is 49.9 Å². The van der Waals surface area contributed by atoms with Crippen LogP contribution in [0.1, 0.15) is 64.1 Å². The first-order valence-electron chi connectivity index (χ1n) is 13.2. The van der Waals surface area contributed by atoms with Crippen molar-refractivity contribution in [2.45, 2.75) is 70.0 Å². The van der Waals surface area contributed by atoms with Gasteiger partial charge in [-0.2, -0.15) is 0 Å². The van der Waals surface area contributed by atoms with Gasteiger partial charge >= 0.3 is 0 Å². The third-order valence-corrected chi connectivity index (χ3v) is 8.28. The Bertz CT molecular complexity index is 1540. The summed E-state index contributed by atoms with van der Waals surface area (Å²) >= 11 is 0. The number of amidine groups is 1. The summed E-state index contributed by atoms with van der Waals surface area (Å²) in [4.78, 5) is 30.8. The normalized spacial score (nSPS) is 15.8. The molecule has 10 heteroatoms. The number of rotatable bonds is 10. The van der Waals surface area contributed by atoms with Crippen LogP contribution in [-0.4, -0.2) is 35.5 Å². The lowest BCUT2D eigenvalue weighted by Gasteiger charge is -2.22. The second-order valence-corrected chi connectivity index (χ2v) is 12.5. The van der Waals surface area contributed by atoms with Crippen molar-refractivity contribution in [3.8, 4) is 11.1 Å². The Kier molecular flexibility index (Phi) is 8.51. The van der Waals surface area contributed by atoms with Gasteiger partial charge in [-0.25, -0.2) is 13.1 Å². The predicted molar refractivity (Wildman–Crippen MR) is 155 cm³/mol. The number of nitro groups is 1. The number of benzene rings is 3. The molecule has 40 heavy (non-hydrogen) atoms. The second-order valence-electron chi connectivity index (χ2n) is 10.9. The van der Waals surface area contributed by atoms with Gasteiger partial charge in [-0.3, -0.25) is 24.8 Å². The summed E-state index contributed by atoms with van der Waals surface area (Å²) in [6.07, 6.45) is 2.42. The number of nitrogens with one attached hydrogen (secondary N) is 1. The Morgan fingerprint density at radius 1 is 1.02 bits per heavy atom. The molecule has 0 radical (unpaired) electrons. The summed E-state index contributed by atoms with van der Waals surface area (Å²) in [5, 5.41) is 11.3. The zero-order chi connectivity index (χ0) is 29.1. The first kappa shape index (κ1) is 29.1. The molecule has 1 atom stereocenters. The fourth-order valence-electron chi connectivity index (χ4n) is 4.65. The molecule has 0 fully saturated rings. The summed E-state index contributed by atoms with van der Waals surface area (Å²) in [5.74, 6) is 0.442. The van der Waals surface area contributed by atoms with E-state index in [4.69, 9.17) is 0 Å². The lowest BCUT2D eigenvalue weighted by atomic mass is 10.0. The van der Waals surface area contributed by atoms with E-state index in [0.29, 0.717) is 29.9 Å². The first-order chi connectivity index (χ1) is 18.9. The fraction of sp³-hybridized carbons (Fsp3) is 0.333. The smallest absolute Gasteiger partial charge is 0.269 e. The minimum Gasteiger partial charge on any atom is -0.294 e. The minimum absolute atomic E-state index is 0.0790. The van der Waals surface area contributed by atoms with Crippen molar-refractivity contribution in [2.24, 2.45) is 4.99 Å². The van der Waals surface area contributed by atoms with E-state index < -0.39 is 26.5 Å². The summed E-state index contributed by atoms with van der Waals surface area (Å²) < 4.78 is 28.9. The van der Waals surface area contributed by atoms with Gasteiger partial charge in [0.25, 0.3) is 11.6 Å². The fourth-order valence-corrected chi connectivity index (χ4v) is 6.30. The largest absolute Gasteiger partial charge is 0.294 e. The number of hydrogen-bond acceptors (Lipinski definition) is 6. The molecule has 0 saturated carbocycles. The number of unbranched alkanes of at least 4 members (excludes halogenated alkanes) is 1. The van der Waals surface area contributed by atoms with Crippen LogP contribution >= 0.6 is 0 Å². The van der Waals surface area contributed by atoms with Gasteiger partial charge < -0.3 is 0 Å². The molecule has 9 nitrogen and oxygen atoms in total. The molecule has 0 aromatic heterocycles. The summed E-state index contributed by atoms with van der Waals surface area (Å²) in [7, 11) is -3.75. The van der Waals surface area contributed by atoms with Crippen molar-refractivity contribution in [1.29, 1.82) is 0 Å². The number of aliphatic imine (C=N–C) groups is 1. The quantitative estimate of drug-likeness (QED) is 0.239. The number of carbonyl (C=O) groups is 1. The van der Waals surface area contributed by atoms with Crippen LogP contribution in [0.25, 0.3) is 11.1 Å². The first-order valence-corrected chi connectivity index (χ1v) is 14.7. The van der Waals surface area contributed by atoms with E-state index in [0.717, 1.165) is 24.0 Å².